The van der Waals surface area contributed by atoms with Crippen LogP contribution < -0.4 is 19.9 Å². The molecule has 0 aliphatic rings. The minimum absolute atomic E-state index is 0.499. The molecule has 1 aromatic heterocycles. The van der Waals surface area contributed by atoms with Crippen molar-refractivity contribution >= 4 is 5.82 Å². The van der Waals surface area contributed by atoms with E-state index in [1.165, 1.54) is 0 Å². The molecule has 0 fully saturated rings. The Bertz CT molecular complexity index is 608. The number of nitrogens with one attached hydrogen (secondary N) is 1. The number of benzene rings is 1. The highest BCUT2D eigenvalue weighted by molar-refractivity contribution is 5.78. The minimum Gasteiger partial charge on any atom is -0.493 e. The Hall–Kier alpha value is -2.37. The van der Waals surface area contributed by atoms with E-state index in [9.17, 15) is 0 Å². The third-order valence-electron chi connectivity index (χ3n) is 3.23. The number of aromatic nitrogens is 2. The van der Waals surface area contributed by atoms with Gasteiger partial charge < -0.3 is 19.9 Å². The molecule has 6 nitrogen and oxygen atoms in total. The van der Waals surface area contributed by atoms with Gasteiger partial charge in [-0.05, 0) is 18.6 Å². The van der Waals surface area contributed by atoms with Gasteiger partial charge in [0.1, 0.15) is 5.82 Å². The van der Waals surface area contributed by atoms with Crippen LogP contribution in [0.25, 0.3) is 11.3 Å². The molecule has 0 unspecified atom stereocenters. The predicted octanol–water partition coefficient (Wildman–Crippen LogP) is 2.25. The highest BCUT2D eigenvalue weighted by Gasteiger charge is 2.20. The molecular weight excluding hydrogens is 258 g/mol. The Morgan fingerprint density at radius 2 is 1.80 bits per heavy atom. The van der Waals surface area contributed by atoms with E-state index >= 15 is 0 Å². The quantitative estimate of drug-likeness (QED) is 0.876. The summed E-state index contributed by atoms with van der Waals surface area (Å²) < 4.78 is 16.1. The van der Waals surface area contributed by atoms with Crippen LogP contribution in [0, 0.1) is 0 Å². The van der Waals surface area contributed by atoms with Crippen LogP contribution in [0.15, 0.2) is 12.1 Å². The summed E-state index contributed by atoms with van der Waals surface area (Å²) in [6.07, 6.45) is 0.773. The molecule has 0 saturated carbocycles. The third kappa shape index (κ3) is 2.13. The first kappa shape index (κ1) is 14.0. The van der Waals surface area contributed by atoms with Crippen LogP contribution in [0.5, 0.6) is 17.2 Å². The maximum Gasteiger partial charge on any atom is 0.203 e. The summed E-state index contributed by atoms with van der Waals surface area (Å²) in [5, 5.41) is 7.02. The minimum atomic E-state index is 0.499. The first-order valence-electron chi connectivity index (χ1n) is 6.29. The Balaban J connectivity index is 2.68. The second-order valence-electron chi connectivity index (χ2n) is 4.20. The van der Waals surface area contributed by atoms with Gasteiger partial charge in [-0.15, -0.1) is 0 Å². The second-order valence-corrected chi connectivity index (χ2v) is 4.20. The van der Waals surface area contributed by atoms with Gasteiger partial charge in [-0.25, -0.2) is 0 Å². The highest BCUT2D eigenvalue weighted by Crippen LogP contribution is 2.44. The van der Waals surface area contributed by atoms with Crippen LogP contribution >= 0.6 is 0 Å². The maximum absolute atomic E-state index is 5.87. The lowest BCUT2D eigenvalue weighted by Gasteiger charge is -2.15. The molecule has 108 valence electrons. The molecule has 2 aromatic rings. The van der Waals surface area contributed by atoms with Gasteiger partial charge in [0.05, 0.1) is 27.0 Å². The number of anilines is 1. The third-order valence-corrected chi connectivity index (χ3v) is 3.23. The average Bonchev–Trinajstić information content (AvgIpc) is 2.85. The fraction of sp³-hybridized carbons (Fsp3) is 0.357. The van der Waals surface area contributed by atoms with Crippen molar-refractivity contribution in [3.8, 4) is 28.5 Å². The average molecular weight is 277 g/mol. The number of nitrogen functional groups attached to an aromatic ring is 1. The fourth-order valence-electron chi connectivity index (χ4n) is 2.26. The van der Waals surface area contributed by atoms with E-state index in [0.29, 0.717) is 23.1 Å². The zero-order valence-corrected chi connectivity index (χ0v) is 12.1. The summed E-state index contributed by atoms with van der Waals surface area (Å²) in [7, 11) is 4.75. The zero-order valence-electron chi connectivity index (χ0n) is 12.1. The number of rotatable bonds is 5. The number of nitrogens with zero attached hydrogens (tertiary/aromatic N) is 1. The Labute approximate surface area is 117 Å². The van der Waals surface area contributed by atoms with Gasteiger partial charge in [-0.2, -0.15) is 5.10 Å². The van der Waals surface area contributed by atoms with Crippen LogP contribution in [-0.2, 0) is 6.42 Å². The van der Waals surface area contributed by atoms with Crippen LogP contribution in [0.1, 0.15) is 12.5 Å². The number of ether oxygens (including phenoxy) is 3. The molecule has 0 saturated heterocycles. The van der Waals surface area contributed by atoms with E-state index < -0.39 is 0 Å². The van der Waals surface area contributed by atoms with Crippen molar-refractivity contribution < 1.29 is 14.2 Å². The van der Waals surface area contributed by atoms with E-state index in [-0.39, 0.29) is 0 Å². The molecule has 0 aliphatic heterocycles. The van der Waals surface area contributed by atoms with Crippen molar-refractivity contribution in [2.45, 2.75) is 13.3 Å². The Kier molecular flexibility index (Phi) is 4.02. The van der Waals surface area contributed by atoms with E-state index in [1.54, 1.807) is 21.3 Å². The lowest BCUT2D eigenvalue weighted by molar-refractivity contribution is 0.325. The number of H-pyrrole nitrogens is 1. The Morgan fingerprint density at radius 1 is 1.10 bits per heavy atom. The number of hydrogen-bond acceptors (Lipinski definition) is 5. The van der Waals surface area contributed by atoms with Crippen molar-refractivity contribution in [3.63, 3.8) is 0 Å². The Morgan fingerprint density at radius 3 is 2.35 bits per heavy atom. The number of hydrogen-bond donors (Lipinski definition) is 2. The SMILES string of the molecule is CCc1c(N)n[nH]c1-c1ccc(OC)c(OC)c1OC. The zero-order chi connectivity index (χ0) is 14.7. The summed E-state index contributed by atoms with van der Waals surface area (Å²) >= 11 is 0. The molecule has 0 spiro atoms. The molecule has 0 aliphatic carbocycles. The van der Waals surface area contributed by atoms with Gasteiger partial charge >= 0.3 is 0 Å². The number of aromatic amines is 1. The number of nitrogens with two attached hydrogens (primary N) is 1. The molecular formula is C14H19N3O3. The largest absolute Gasteiger partial charge is 0.493 e. The van der Waals surface area contributed by atoms with Gasteiger partial charge in [0.15, 0.2) is 11.5 Å². The molecule has 0 radical (unpaired) electrons. The van der Waals surface area contributed by atoms with Gasteiger partial charge in [0.2, 0.25) is 5.75 Å². The summed E-state index contributed by atoms with van der Waals surface area (Å²) in [6, 6.07) is 3.72. The van der Waals surface area contributed by atoms with Gasteiger partial charge in [-0.3, -0.25) is 5.10 Å². The van der Waals surface area contributed by atoms with Crippen LogP contribution in [0.3, 0.4) is 0 Å². The first-order chi connectivity index (χ1) is 9.67. The normalized spacial score (nSPS) is 10.4. The van der Waals surface area contributed by atoms with Crippen molar-refractivity contribution in [2.75, 3.05) is 27.1 Å². The lowest BCUT2D eigenvalue weighted by atomic mass is 10.0. The van der Waals surface area contributed by atoms with E-state index in [2.05, 4.69) is 10.2 Å². The van der Waals surface area contributed by atoms with Crippen LogP contribution in [0.4, 0.5) is 5.82 Å². The monoisotopic (exact) mass is 277 g/mol. The van der Waals surface area contributed by atoms with E-state index in [4.69, 9.17) is 19.9 Å². The second kappa shape index (κ2) is 5.73. The predicted molar refractivity (Wildman–Crippen MR) is 77.5 cm³/mol. The summed E-state index contributed by atoms with van der Waals surface area (Å²) in [5.41, 5.74) is 8.50. The lowest BCUT2D eigenvalue weighted by Crippen LogP contribution is -1.98. The van der Waals surface area contributed by atoms with Crippen molar-refractivity contribution in [1.82, 2.24) is 10.2 Å². The molecule has 3 N–H and O–H groups in total. The van der Waals surface area contributed by atoms with Crippen molar-refractivity contribution in [1.29, 1.82) is 0 Å². The fourth-order valence-corrected chi connectivity index (χ4v) is 2.26. The van der Waals surface area contributed by atoms with E-state index in [1.807, 2.05) is 19.1 Å². The van der Waals surface area contributed by atoms with Crippen LogP contribution in [-0.4, -0.2) is 31.5 Å². The molecule has 0 bridgehead atoms. The van der Waals surface area contributed by atoms with E-state index in [0.717, 1.165) is 23.2 Å². The maximum atomic E-state index is 5.87. The number of methoxy groups -OCH3 is 3. The smallest absolute Gasteiger partial charge is 0.203 e. The summed E-state index contributed by atoms with van der Waals surface area (Å²) in [6.45, 7) is 2.03. The molecule has 6 heteroatoms. The molecule has 2 rings (SSSR count). The molecule has 1 aromatic carbocycles. The van der Waals surface area contributed by atoms with Gasteiger partial charge in [0.25, 0.3) is 0 Å². The molecule has 20 heavy (non-hydrogen) atoms. The van der Waals surface area contributed by atoms with Crippen molar-refractivity contribution in [3.05, 3.63) is 17.7 Å². The summed E-state index contributed by atoms with van der Waals surface area (Å²) in [4.78, 5) is 0. The molecule has 1 heterocycles. The standard InChI is InChI=1S/C14H19N3O3/c1-5-8-11(16-17-14(8)15)9-6-7-10(18-2)13(20-4)12(9)19-3/h6-7H,5H2,1-4H3,(H3,15,16,17). The molecule has 0 atom stereocenters. The molecule has 0 amide bonds. The van der Waals surface area contributed by atoms with Crippen LogP contribution in [0.2, 0.25) is 0 Å². The summed E-state index contributed by atoms with van der Waals surface area (Å²) in [5.74, 6) is 2.24. The van der Waals surface area contributed by atoms with Gasteiger partial charge in [0, 0.05) is 11.1 Å². The first-order valence-corrected chi connectivity index (χ1v) is 6.29. The van der Waals surface area contributed by atoms with Crippen molar-refractivity contribution in [2.24, 2.45) is 0 Å². The highest BCUT2D eigenvalue weighted by atomic mass is 16.5. The topological polar surface area (TPSA) is 82.4 Å². The van der Waals surface area contributed by atoms with Gasteiger partial charge in [-0.1, -0.05) is 6.92 Å².